The third kappa shape index (κ3) is 4.15. The number of aliphatic carboxylic acids is 1. The highest BCUT2D eigenvalue weighted by atomic mass is 16.4. The van der Waals surface area contributed by atoms with E-state index in [4.69, 9.17) is 10.8 Å². The van der Waals surface area contributed by atoms with Gasteiger partial charge in [-0.1, -0.05) is 0 Å². The maximum absolute atomic E-state index is 11.5. The van der Waals surface area contributed by atoms with Gasteiger partial charge in [-0.25, -0.2) is 9.97 Å². The van der Waals surface area contributed by atoms with Crippen LogP contribution in [-0.2, 0) is 9.59 Å². The zero-order chi connectivity index (χ0) is 13.0. The number of hydrogen-bond donors (Lipinski definition) is 3. The maximum Gasteiger partial charge on any atom is 0.305 e. The van der Waals surface area contributed by atoms with Gasteiger partial charge < -0.3 is 10.8 Å². The Morgan fingerprint density at radius 3 is 2.41 bits per heavy atom. The first-order valence-corrected chi connectivity index (χ1v) is 4.99. The summed E-state index contributed by atoms with van der Waals surface area (Å²) < 4.78 is 0. The van der Waals surface area contributed by atoms with Crippen LogP contribution in [0.3, 0.4) is 0 Å². The number of rotatable bonds is 4. The first-order chi connectivity index (χ1) is 7.88. The molecule has 0 saturated heterocycles. The number of aromatic nitrogens is 2. The molecule has 7 nitrogen and oxygen atoms in total. The van der Waals surface area contributed by atoms with E-state index in [0.29, 0.717) is 11.4 Å². The topological polar surface area (TPSA) is 118 Å². The second kappa shape index (κ2) is 5.35. The van der Waals surface area contributed by atoms with Crippen LogP contribution in [-0.4, -0.2) is 33.0 Å². The molecule has 1 rings (SSSR count). The van der Waals surface area contributed by atoms with Gasteiger partial charge >= 0.3 is 5.97 Å². The molecule has 1 aromatic rings. The second-order valence-corrected chi connectivity index (χ2v) is 3.67. The van der Waals surface area contributed by atoms with Gasteiger partial charge in [0.25, 0.3) is 0 Å². The molecule has 92 valence electrons. The number of nitrogens with one attached hydrogen (secondary N) is 1. The Morgan fingerprint density at radius 1 is 1.41 bits per heavy atom. The van der Waals surface area contributed by atoms with Gasteiger partial charge in [-0.15, -0.1) is 0 Å². The van der Waals surface area contributed by atoms with Crippen LogP contribution in [0.25, 0.3) is 0 Å². The van der Waals surface area contributed by atoms with Crippen LogP contribution in [0.1, 0.15) is 17.8 Å². The molecule has 1 unspecified atom stereocenters. The van der Waals surface area contributed by atoms with Gasteiger partial charge in [0.15, 0.2) is 0 Å². The van der Waals surface area contributed by atoms with Crippen molar-refractivity contribution in [2.24, 2.45) is 5.73 Å². The average molecular weight is 238 g/mol. The van der Waals surface area contributed by atoms with Crippen LogP contribution in [0.2, 0.25) is 0 Å². The highest BCUT2D eigenvalue weighted by Crippen LogP contribution is 2.04. The van der Waals surface area contributed by atoms with Gasteiger partial charge in [0.2, 0.25) is 11.9 Å². The molecule has 0 bridgehead atoms. The minimum atomic E-state index is -1.13. The van der Waals surface area contributed by atoms with Gasteiger partial charge in [-0.2, -0.15) is 0 Å². The monoisotopic (exact) mass is 238 g/mol. The zero-order valence-electron chi connectivity index (χ0n) is 9.60. The number of aryl methyl sites for hydroxylation is 2. The molecular weight excluding hydrogens is 224 g/mol. The van der Waals surface area contributed by atoms with E-state index < -0.39 is 24.3 Å². The Morgan fingerprint density at radius 2 is 1.94 bits per heavy atom. The number of hydrogen-bond acceptors (Lipinski definition) is 5. The van der Waals surface area contributed by atoms with Crippen molar-refractivity contribution in [3.63, 3.8) is 0 Å². The first kappa shape index (κ1) is 13.0. The summed E-state index contributed by atoms with van der Waals surface area (Å²) in [6.07, 6.45) is -0.434. The van der Waals surface area contributed by atoms with E-state index in [0.717, 1.165) is 0 Å². The Labute approximate surface area is 98.1 Å². The summed E-state index contributed by atoms with van der Waals surface area (Å²) in [6, 6.07) is 0.643. The lowest BCUT2D eigenvalue weighted by Crippen LogP contribution is -2.37. The summed E-state index contributed by atoms with van der Waals surface area (Å²) in [4.78, 5) is 29.9. The fourth-order valence-corrected chi connectivity index (χ4v) is 1.27. The molecule has 0 spiro atoms. The van der Waals surface area contributed by atoms with Gasteiger partial charge in [-0.3, -0.25) is 14.9 Å². The van der Waals surface area contributed by atoms with Crippen LogP contribution >= 0.6 is 0 Å². The smallest absolute Gasteiger partial charge is 0.305 e. The van der Waals surface area contributed by atoms with E-state index in [1.807, 2.05) is 0 Å². The van der Waals surface area contributed by atoms with Gasteiger partial charge in [-0.05, 0) is 19.9 Å². The third-order valence-electron chi connectivity index (χ3n) is 1.95. The van der Waals surface area contributed by atoms with Gasteiger partial charge in [0.05, 0.1) is 12.5 Å². The molecule has 17 heavy (non-hydrogen) atoms. The van der Waals surface area contributed by atoms with Crippen LogP contribution in [0.4, 0.5) is 5.95 Å². The number of nitrogens with zero attached hydrogens (tertiary/aromatic N) is 2. The number of carboxylic acids is 1. The molecule has 1 amide bonds. The summed E-state index contributed by atoms with van der Waals surface area (Å²) in [7, 11) is 0. The third-order valence-corrected chi connectivity index (χ3v) is 1.95. The second-order valence-electron chi connectivity index (χ2n) is 3.67. The van der Waals surface area contributed by atoms with Crippen molar-refractivity contribution in [2.75, 3.05) is 5.32 Å². The fraction of sp³-hybridized carbons (Fsp3) is 0.400. The molecule has 0 fully saturated rings. The van der Waals surface area contributed by atoms with Crippen molar-refractivity contribution in [3.05, 3.63) is 17.5 Å². The molecule has 0 saturated carbocycles. The average Bonchev–Trinajstić information content (AvgIpc) is 2.14. The van der Waals surface area contributed by atoms with Gasteiger partial charge in [0, 0.05) is 11.4 Å². The molecule has 7 heteroatoms. The molecule has 1 heterocycles. The molecule has 0 aromatic carbocycles. The Kier molecular flexibility index (Phi) is 4.11. The fourth-order valence-electron chi connectivity index (χ4n) is 1.27. The van der Waals surface area contributed by atoms with Crippen LogP contribution < -0.4 is 11.1 Å². The van der Waals surface area contributed by atoms with Crippen molar-refractivity contribution in [3.8, 4) is 0 Å². The largest absolute Gasteiger partial charge is 0.481 e. The predicted molar refractivity (Wildman–Crippen MR) is 60.4 cm³/mol. The van der Waals surface area contributed by atoms with Crippen molar-refractivity contribution in [1.82, 2.24) is 9.97 Å². The molecule has 4 N–H and O–H groups in total. The maximum atomic E-state index is 11.5. The standard InChI is InChI=1S/C10H14N4O3/c1-5-3-6(2)13-10(12-5)14-9(17)7(11)4-8(15)16/h3,7H,4,11H2,1-2H3,(H,15,16)(H,12,13,14,17). The SMILES string of the molecule is Cc1cc(C)nc(NC(=O)C(N)CC(=O)O)n1. The molecule has 0 aliphatic heterocycles. The molecule has 0 radical (unpaired) electrons. The van der Waals surface area contributed by atoms with E-state index in [1.54, 1.807) is 19.9 Å². The van der Waals surface area contributed by atoms with E-state index in [2.05, 4.69) is 15.3 Å². The van der Waals surface area contributed by atoms with Gasteiger partial charge in [0.1, 0.15) is 0 Å². The number of anilines is 1. The van der Waals surface area contributed by atoms with E-state index in [9.17, 15) is 9.59 Å². The number of carboxylic acid groups (broad SMARTS) is 1. The summed E-state index contributed by atoms with van der Waals surface area (Å²) in [6.45, 7) is 3.53. The first-order valence-electron chi connectivity index (χ1n) is 4.99. The lowest BCUT2D eigenvalue weighted by atomic mass is 10.2. The van der Waals surface area contributed by atoms with Crippen molar-refractivity contribution in [2.45, 2.75) is 26.3 Å². The molecular formula is C10H14N4O3. The Hall–Kier alpha value is -2.02. The molecule has 0 aliphatic carbocycles. The Bertz CT molecular complexity index is 427. The number of carbonyl (C=O) groups excluding carboxylic acids is 1. The van der Waals surface area contributed by atoms with Crippen molar-refractivity contribution in [1.29, 1.82) is 0 Å². The summed E-state index contributed by atoms with van der Waals surface area (Å²) in [5, 5.41) is 10.9. The summed E-state index contributed by atoms with van der Waals surface area (Å²) in [5.41, 5.74) is 6.81. The highest BCUT2D eigenvalue weighted by molar-refractivity contribution is 5.95. The molecule has 0 aliphatic rings. The number of amides is 1. The van der Waals surface area contributed by atoms with Crippen molar-refractivity contribution >= 4 is 17.8 Å². The number of nitrogens with two attached hydrogens (primary N) is 1. The van der Waals surface area contributed by atoms with E-state index in [1.165, 1.54) is 0 Å². The van der Waals surface area contributed by atoms with E-state index >= 15 is 0 Å². The summed E-state index contributed by atoms with van der Waals surface area (Å²) >= 11 is 0. The van der Waals surface area contributed by atoms with Crippen LogP contribution in [0.15, 0.2) is 6.07 Å². The predicted octanol–water partition coefficient (Wildman–Crippen LogP) is -0.166. The van der Waals surface area contributed by atoms with Crippen LogP contribution in [0.5, 0.6) is 0 Å². The molecule has 1 aromatic heterocycles. The Balaban J connectivity index is 2.70. The van der Waals surface area contributed by atoms with Crippen LogP contribution in [0, 0.1) is 13.8 Å². The lowest BCUT2D eigenvalue weighted by Gasteiger charge is -2.09. The minimum Gasteiger partial charge on any atom is -0.481 e. The highest BCUT2D eigenvalue weighted by Gasteiger charge is 2.18. The minimum absolute atomic E-state index is 0.133. The van der Waals surface area contributed by atoms with E-state index in [-0.39, 0.29) is 5.95 Å². The lowest BCUT2D eigenvalue weighted by molar-refractivity contribution is -0.138. The number of carbonyl (C=O) groups is 2. The molecule has 1 atom stereocenters. The zero-order valence-corrected chi connectivity index (χ0v) is 9.60. The normalized spacial score (nSPS) is 11.9. The summed E-state index contributed by atoms with van der Waals surface area (Å²) in [5.74, 6) is -1.61. The van der Waals surface area contributed by atoms with Crippen molar-refractivity contribution < 1.29 is 14.7 Å². The quantitative estimate of drug-likeness (QED) is 0.670.